The Morgan fingerprint density at radius 3 is 2.55 bits per heavy atom. The minimum atomic E-state index is -3.07. The molecule has 104 valence electrons. The third-order valence-corrected chi connectivity index (χ3v) is 2.31. The van der Waals surface area contributed by atoms with E-state index in [0.717, 1.165) is 12.3 Å². The van der Waals surface area contributed by atoms with Crippen LogP contribution in [0.5, 0.6) is 5.75 Å². The topological polar surface area (TPSA) is 51.2 Å². The van der Waals surface area contributed by atoms with Crippen LogP contribution < -0.4 is 10.1 Å². The second-order valence-corrected chi connectivity index (χ2v) is 3.69. The standard InChI is InChI=1S/C13H9F3N2O2/c14-10-9(6-7-17-11(10)12(15)16)18-13(19)20-8-4-2-1-3-5-8/h1-7,12H,(H,17,18,19). The van der Waals surface area contributed by atoms with Crippen LogP contribution in [-0.4, -0.2) is 11.1 Å². The van der Waals surface area contributed by atoms with E-state index in [1.807, 2.05) is 5.32 Å². The number of ether oxygens (including phenoxy) is 1. The number of anilines is 1. The molecule has 1 heterocycles. The number of hydrogen-bond acceptors (Lipinski definition) is 3. The number of halogens is 3. The van der Waals surface area contributed by atoms with Gasteiger partial charge in [-0.15, -0.1) is 0 Å². The SMILES string of the molecule is O=C(Nc1ccnc(C(F)F)c1F)Oc1ccccc1. The number of para-hydroxylation sites is 1. The molecule has 0 aliphatic heterocycles. The van der Waals surface area contributed by atoms with Crippen molar-refractivity contribution in [3.8, 4) is 5.75 Å². The average Bonchev–Trinajstić information content (AvgIpc) is 2.42. The van der Waals surface area contributed by atoms with Crippen LogP contribution in [0.25, 0.3) is 0 Å². The maximum absolute atomic E-state index is 13.6. The zero-order chi connectivity index (χ0) is 14.5. The second kappa shape index (κ2) is 6.05. The van der Waals surface area contributed by atoms with E-state index in [1.165, 1.54) is 12.1 Å². The lowest BCUT2D eigenvalue weighted by molar-refractivity contribution is 0.140. The number of nitrogens with one attached hydrogen (secondary N) is 1. The number of pyridine rings is 1. The second-order valence-electron chi connectivity index (χ2n) is 3.69. The molecule has 7 heteroatoms. The zero-order valence-electron chi connectivity index (χ0n) is 10.0. The maximum atomic E-state index is 13.6. The van der Waals surface area contributed by atoms with E-state index in [2.05, 4.69) is 4.98 Å². The van der Waals surface area contributed by atoms with Gasteiger partial charge in [-0.05, 0) is 18.2 Å². The molecule has 1 amide bonds. The predicted octanol–water partition coefficient (Wildman–Crippen LogP) is 3.77. The third-order valence-electron chi connectivity index (χ3n) is 2.31. The van der Waals surface area contributed by atoms with Crippen molar-refractivity contribution < 1.29 is 22.7 Å². The molecule has 4 nitrogen and oxygen atoms in total. The zero-order valence-corrected chi connectivity index (χ0v) is 10.0. The minimum absolute atomic E-state index is 0.244. The third kappa shape index (κ3) is 3.25. The molecule has 1 aromatic heterocycles. The first-order valence-electron chi connectivity index (χ1n) is 5.54. The molecule has 1 aromatic carbocycles. The van der Waals surface area contributed by atoms with Crippen molar-refractivity contribution in [2.24, 2.45) is 0 Å². The van der Waals surface area contributed by atoms with Gasteiger partial charge in [-0.25, -0.2) is 18.0 Å². The molecule has 20 heavy (non-hydrogen) atoms. The number of benzene rings is 1. The van der Waals surface area contributed by atoms with Crippen LogP contribution in [0.4, 0.5) is 23.7 Å². The van der Waals surface area contributed by atoms with Crippen LogP contribution in [0.3, 0.4) is 0 Å². The van der Waals surface area contributed by atoms with Crippen LogP contribution in [0.1, 0.15) is 12.1 Å². The molecule has 0 aliphatic carbocycles. The van der Waals surface area contributed by atoms with Gasteiger partial charge in [0.2, 0.25) is 0 Å². The molecule has 0 atom stereocenters. The number of rotatable bonds is 3. The van der Waals surface area contributed by atoms with Gasteiger partial charge in [0.15, 0.2) is 5.82 Å². The Bertz CT molecular complexity index is 606. The fraction of sp³-hybridized carbons (Fsp3) is 0.0769. The maximum Gasteiger partial charge on any atom is 0.417 e. The molecule has 0 aliphatic rings. The summed E-state index contributed by atoms with van der Waals surface area (Å²) in [4.78, 5) is 14.7. The van der Waals surface area contributed by atoms with Gasteiger partial charge in [0.1, 0.15) is 11.4 Å². The summed E-state index contributed by atoms with van der Waals surface area (Å²) >= 11 is 0. The Morgan fingerprint density at radius 2 is 1.90 bits per heavy atom. The highest BCUT2D eigenvalue weighted by atomic mass is 19.3. The summed E-state index contributed by atoms with van der Waals surface area (Å²) in [5.41, 5.74) is -1.45. The lowest BCUT2D eigenvalue weighted by Gasteiger charge is -2.09. The Morgan fingerprint density at radius 1 is 1.20 bits per heavy atom. The minimum Gasteiger partial charge on any atom is -0.410 e. The number of aromatic nitrogens is 1. The van der Waals surface area contributed by atoms with E-state index in [-0.39, 0.29) is 5.75 Å². The molecule has 0 bridgehead atoms. The number of amides is 1. The molecule has 0 radical (unpaired) electrons. The Balaban J connectivity index is 2.10. The predicted molar refractivity (Wildman–Crippen MR) is 65.2 cm³/mol. The summed E-state index contributed by atoms with van der Waals surface area (Å²) in [5, 5.41) is 2.04. The molecular formula is C13H9F3N2O2. The van der Waals surface area contributed by atoms with Crippen molar-refractivity contribution in [1.82, 2.24) is 4.98 Å². The largest absolute Gasteiger partial charge is 0.417 e. The Labute approximate surface area is 112 Å². The number of carbonyl (C=O) groups excluding carboxylic acids is 1. The van der Waals surface area contributed by atoms with Gasteiger partial charge in [0.25, 0.3) is 6.43 Å². The first-order valence-corrected chi connectivity index (χ1v) is 5.54. The summed E-state index contributed by atoms with van der Waals surface area (Å²) in [6.07, 6.45) is -3.08. The summed E-state index contributed by atoms with van der Waals surface area (Å²) in [7, 11) is 0. The molecule has 0 saturated heterocycles. The van der Waals surface area contributed by atoms with Crippen LogP contribution in [0, 0.1) is 5.82 Å². The number of carbonyl (C=O) groups is 1. The lowest BCUT2D eigenvalue weighted by Crippen LogP contribution is -2.18. The highest BCUT2D eigenvalue weighted by Crippen LogP contribution is 2.24. The quantitative estimate of drug-likeness (QED) is 0.932. The van der Waals surface area contributed by atoms with E-state index in [9.17, 15) is 18.0 Å². The van der Waals surface area contributed by atoms with Crippen molar-refractivity contribution in [3.05, 3.63) is 54.1 Å². The van der Waals surface area contributed by atoms with Gasteiger partial charge in [-0.2, -0.15) is 0 Å². The van der Waals surface area contributed by atoms with E-state index in [4.69, 9.17) is 4.74 Å². The van der Waals surface area contributed by atoms with Crippen molar-refractivity contribution in [2.75, 3.05) is 5.32 Å². The van der Waals surface area contributed by atoms with E-state index in [1.54, 1.807) is 18.2 Å². The summed E-state index contributed by atoms with van der Waals surface area (Å²) < 4.78 is 43.4. The summed E-state index contributed by atoms with van der Waals surface area (Å²) in [5.74, 6) is -1.04. The van der Waals surface area contributed by atoms with Crippen LogP contribution >= 0.6 is 0 Å². The number of alkyl halides is 2. The van der Waals surface area contributed by atoms with Gasteiger partial charge in [-0.3, -0.25) is 10.3 Å². The van der Waals surface area contributed by atoms with E-state index < -0.39 is 29.7 Å². The molecule has 0 fully saturated rings. The summed E-state index contributed by atoms with van der Waals surface area (Å²) in [6.45, 7) is 0. The Kier molecular flexibility index (Phi) is 4.19. The average molecular weight is 282 g/mol. The van der Waals surface area contributed by atoms with Crippen LogP contribution in [0.15, 0.2) is 42.6 Å². The van der Waals surface area contributed by atoms with Crippen LogP contribution in [0.2, 0.25) is 0 Å². The molecule has 2 aromatic rings. The molecule has 0 saturated carbocycles. The Hall–Kier alpha value is -2.57. The van der Waals surface area contributed by atoms with Crippen molar-refractivity contribution in [1.29, 1.82) is 0 Å². The normalized spacial score (nSPS) is 10.4. The molecule has 0 unspecified atom stereocenters. The highest BCUT2D eigenvalue weighted by Gasteiger charge is 2.19. The number of hydrogen-bond donors (Lipinski definition) is 1. The van der Waals surface area contributed by atoms with E-state index in [0.29, 0.717) is 0 Å². The smallest absolute Gasteiger partial charge is 0.410 e. The van der Waals surface area contributed by atoms with E-state index >= 15 is 0 Å². The van der Waals surface area contributed by atoms with Gasteiger partial charge in [0.05, 0.1) is 5.69 Å². The monoisotopic (exact) mass is 282 g/mol. The fourth-order valence-electron chi connectivity index (χ4n) is 1.44. The van der Waals surface area contributed by atoms with Crippen molar-refractivity contribution in [3.63, 3.8) is 0 Å². The molecule has 2 rings (SSSR count). The lowest BCUT2D eigenvalue weighted by atomic mass is 10.3. The van der Waals surface area contributed by atoms with Gasteiger partial charge in [0, 0.05) is 6.20 Å². The first-order chi connectivity index (χ1) is 9.58. The summed E-state index contributed by atoms with van der Waals surface area (Å²) in [6, 6.07) is 9.12. The molecule has 0 spiro atoms. The van der Waals surface area contributed by atoms with Gasteiger partial charge in [-0.1, -0.05) is 18.2 Å². The van der Waals surface area contributed by atoms with Gasteiger partial charge >= 0.3 is 6.09 Å². The fourth-order valence-corrected chi connectivity index (χ4v) is 1.44. The van der Waals surface area contributed by atoms with Crippen LogP contribution in [-0.2, 0) is 0 Å². The molecular weight excluding hydrogens is 273 g/mol. The first kappa shape index (κ1) is 13.9. The highest BCUT2D eigenvalue weighted by molar-refractivity contribution is 5.86. The van der Waals surface area contributed by atoms with Crippen molar-refractivity contribution in [2.45, 2.75) is 6.43 Å². The number of nitrogens with zero attached hydrogens (tertiary/aromatic N) is 1. The molecule has 1 N–H and O–H groups in total. The van der Waals surface area contributed by atoms with Crippen molar-refractivity contribution >= 4 is 11.8 Å². The van der Waals surface area contributed by atoms with Gasteiger partial charge < -0.3 is 4.74 Å².